The summed E-state index contributed by atoms with van der Waals surface area (Å²) >= 11 is 0. The summed E-state index contributed by atoms with van der Waals surface area (Å²) in [5.41, 5.74) is -0.545. The molecule has 3 N–H and O–H groups in total. The predicted octanol–water partition coefficient (Wildman–Crippen LogP) is 2.26. The van der Waals surface area contributed by atoms with Gasteiger partial charge in [-0.3, -0.25) is 4.79 Å². The van der Waals surface area contributed by atoms with E-state index in [9.17, 15) is 9.59 Å². The van der Waals surface area contributed by atoms with Gasteiger partial charge in [0.05, 0.1) is 6.10 Å². The maximum atomic E-state index is 12.1. The minimum atomic E-state index is -0.545. The molecule has 0 aliphatic carbocycles. The van der Waals surface area contributed by atoms with Gasteiger partial charge < -0.3 is 30.3 Å². The van der Waals surface area contributed by atoms with Crippen LogP contribution in [-0.2, 0) is 14.3 Å². The van der Waals surface area contributed by atoms with Crippen LogP contribution in [-0.4, -0.2) is 80.9 Å². The highest BCUT2D eigenvalue weighted by Crippen LogP contribution is 2.11. The number of likely N-dealkylation sites (N-methyl/N-ethyl adjacent to an activating group) is 1. The molecular weight excluding hydrogens is 398 g/mol. The zero-order valence-corrected chi connectivity index (χ0v) is 20.3. The molecule has 1 heterocycles. The van der Waals surface area contributed by atoms with Crippen molar-refractivity contribution in [3.63, 3.8) is 0 Å². The van der Waals surface area contributed by atoms with E-state index >= 15 is 0 Å². The number of carbonyl (C=O) groups excluding carboxylic acids is 2. The van der Waals surface area contributed by atoms with Gasteiger partial charge in [0.2, 0.25) is 5.91 Å². The molecule has 1 saturated heterocycles. The average molecular weight is 442 g/mol. The Morgan fingerprint density at radius 2 is 1.97 bits per heavy atom. The third-order valence-corrected chi connectivity index (χ3v) is 4.78. The van der Waals surface area contributed by atoms with Gasteiger partial charge in [0.25, 0.3) is 0 Å². The Morgan fingerprint density at radius 3 is 2.55 bits per heavy atom. The monoisotopic (exact) mass is 441 g/mol. The van der Waals surface area contributed by atoms with Gasteiger partial charge in [-0.1, -0.05) is 19.8 Å². The SMILES string of the molecule is CCCCC(CNC(=O)OC(C)(C)C)NC(=NCC(=O)N(C)C)NCC1CCCCO1. The lowest BCUT2D eigenvalue weighted by Crippen LogP contribution is -2.50. The number of carbonyl (C=O) groups is 2. The summed E-state index contributed by atoms with van der Waals surface area (Å²) in [6.45, 7) is 9.49. The van der Waals surface area contributed by atoms with E-state index in [1.807, 2.05) is 20.8 Å². The van der Waals surface area contributed by atoms with Crippen molar-refractivity contribution < 1.29 is 19.1 Å². The molecule has 0 saturated carbocycles. The second kappa shape index (κ2) is 14.1. The molecular formula is C22H43N5O4. The normalized spacial score (nSPS) is 18.1. The fraction of sp³-hybridized carbons (Fsp3) is 0.864. The molecule has 0 radical (unpaired) electrons. The Hall–Kier alpha value is -2.03. The van der Waals surface area contributed by atoms with Crippen molar-refractivity contribution in [3.05, 3.63) is 0 Å². The van der Waals surface area contributed by atoms with Gasteiger partial charge in [-0.25, -0.2) is 9.79 Å². The first-order valence-electron chi connectivity index (χ1n) is 11.4. The number of aliphatic imine (C=N–C) groups is 1. The molecule has 9 heteroatoms. The summed E-state index contributed by atoms with van der Waals surface area (Å²) in [4.78, 5) is 30.1. The van der Waals surface area contributed by atoms with Crippen LogP contribution in [0, 0.1) is 0 Å². The summed E-state index contributed by atoms with van der Waals surface area (Å²) < 4.78 is 11.1. The predicted molar refractivity (Wildman–Crippen MR) is 123 cm³/mol. The van der Waals surface area contributed by atoms with Gasteiger partial charge in [-0.05, 0) is 46.5 Å². The average Bonchev–Trinajstić information content (AvgIpc) is 2.70. The molecule has 1 aliphatic heterocycles. The number of guanidine groups is 1. The third kappa shape index (κ3) is 13.1. The number of unbranched alkanes of at least 4 members (excludes halogenated alkanes) is 1. The topological polar surface area (TPSA) is 104 Å². The van der Waals surface area contributed by atoms with Gasteiger partial charge in [0.15, 0.2) is 5.96 Å². The Kier molecular flexibility index (Phi) is 12.3. The molecule has 1 fully saturated rings. The van der Waals surface area contributed by atoms with Gasteiger partial charge in [0.1, 0.15) is 12.1 Å². The lowest BCUT2D eigenvalue weighted by molar-refractivity contribution is -0.127. The lowest BCUT2D eigenvalue weighted by atomic mass is 10.1. The van der Waals surface area contributed by atoms with E-state index in [4.69, 9.17) is 9.47 Å². The summed E-state index contributed by atoms with van der Waals surface area (Å²) in [6.07, 6.45) is 5.86. The van der Waals surface area contributed by atoms with E-state index in [-0.39, 0.29) is 24.6 Å². The molecule has 2 atom stereocenters. The molecule has 2 amide bonds. The van der Waals surface area contributed by atoms with E-state index in [0.29, 0.717) is 19.0 Å². The maximum absolute atomic E-state index is 12.1. The highest BCUT2D eigenvalue weighted by atomic mass is 16.6. The molecule has 31 heavy (non-hydrogen) atoms. The summed E-state index contributed by atoms with van der Waals surface area (Å²) in [5, 5.41) is 9.53. The highest BCUT2D eigenvalue weighted by molar-refractivity contribution is 5.85. The third-order valence-electron chi connectivity index (χ3n) is 4.78. The minimum Gasteiger partial charge on any atom is -0.444 e. The quantitative estimate of drug-likeness (QED) is 0.355. The van der Waals surface area contributed by atoms with Crippen LogP contribution >= 0.6 is 0 Å². The molecule has 0 aromatic carbocycles. The van der Waals surface area contributed by atoms with Crippen molar-refractivity contribution in [2.45, 2.75) is 84.0 Å². The fourth-order valence-corrected chi connectivity index (χ4v) is 3.01. The molecule has 0 aromatic rings. The number of rotatable bonds is 10. The van der Waals surface area contributed by atoms with Crippen LogP contribution in [0.1, 0.15) is 66.2 Å². The van der Waals surface area contributed by atoms with Crippen LogP contribution in [0.25, 0.3) is 0 Å². The Bertz CT molecular complexity index is 569. The van der Waals surface area contributed by atoms with Crippen LogP contribution in [0.15, 0.2) is 4.99 Å². The Balaban J connectivity index is 2.75. The standard InChI is InChI=1S/C22H43N5O4/c1-7-8-11-17(14-25-21(29)31-22(2,3)4)26-20(24-16-19(28)27(5)6)23-15-18-12-9-10-13-30-18/h17-18H,7-16H2,1-6H3,(H,25,29)(H2,23,24,26). The molecule has 9 nitrogen and oxygen atoms in total. The number of alkyl carbamates (subject to hydrolysis) is 1. The van der Waals surface area contributed by atoms with Crippen LogP contribution < -0.4 is 16.0 Å². The fourth-order valence-electron chi connectivity index (χ4n) is 3.01. The minimum absolute atomic E-state index is 0.0412. The molecule has 180 valence electrons. The summed E-state index contributed by atoms with van der Waals surface area (Å²) in [7, 11) is 3.42. The van der Waals surface area contributed by atoms with E-state index in [0.717, 1.165) is 45.1 Å². The van der Waals surface area contributed by atoms with Crippen molar-refractivity contribution in [2.24, 2.45) is 4.99 Å². The summed E-state index contributed by atoms with van der Waals surface area (Å²) in [6, 6.07) is -0.0412. The zero-order valence-electron chi connectivity index (χ0n) is 20.3. The number of amides is 2. The molecule has 1 aliphatic rings. The van der Waals surface area contributed by atoms with Crippen molar-refractivity contribution >= 4 is 18.0 Å². The highest BCUT2D eigenvalue weighted by Gasteiger charge is 2.19. The number of hydrogen-bond acceptors (Lipinski definition) is 5. The van der Waals surface area contributed by atoms with Crippen molar-refractivity contribution in [3.8, 4) is 0 Å². The number of ether oxygens (including phenoxy) is 2. The number of nitrogens with zero attached hydrogens (tertiary/aromatic N) is 2. The molecule has 0 spiro atoms. The van der Waals surface area contributed by atoms with E-state index < -0.39 is 11.7 Å². The van der Waals surface area contributed by atoms with Gasteiger partial charge in [0, 0.05) is 39.8 Å². The molecule has 2 unspecified atom stereocenters. The first-order chi connectivity index (χ1) is 14.6. The molecule has 0 aromatic heterocycles. The first kappa shape index (κ1) is 27.0. The van der Waals surface area contributed by atoms with E-state index in [1.54, 1.807) is 14.1 Å². The zero-order chi connectivity index (χ0) is 23.3. The van der Waals surface area contributed by atoms with Crippen LogP contribution in [0.3, 0.4) is 0 Å². The number of nitrogens with one attached hydrogen (secondary N) is 3. The molecule has 1 rings (SSSR count). The van der Waals surface area contributed by atoms with Gasteiger partial charge in [-0.15, -0.1) is 0 Å². The van der Waals surface area contributed by atoms with E-state index in [1.165, 1.54) is 4.90 Å². The van der Waals surface area contributed by atoms with Crippen molar-refractivity contribution in [2.75, 3.05) is 40.3 Å². The van der Waals surface area contributed by atoms with E-state index in [2.05, 4.69) is 27.9 Å². The largest absolute Gasteiger partial charge is 0.444 e. The first-order valence-corrected chi connectivity index (χ1v) is 11.4. The van der Waals surface area contributed by atoms with Crippen LogP contribution in [0.4, 0.5) is 4.79 Å². The smallest absolute Gasteiger partial charge is 0.407 e. The Morgan fingerprint density at radius 1 is 1.23 bits per heavy atom. The second-order valence-corrected chi connectivity index (χ2v) is 9.19. The lowest BCUT2D eigenvalue weighted by Gasteiger charge is -2.26. The maximum Gasteiger partial charge on any atom is 0.407 e. The van der Waals surface area contributed by atoms with Gasteiger partial charge >= 0.3 is 6.09 Å². The van der Waals surface area contributed by atoms with Crippen LogP contribution in [0.5, 0.6) is 0 Å². The van der Waals surface area contributed by atoms with Crippen molar-refractivity contribution in [1.29, 1.82) is 0 Å². The van der Waals surface area contributed by atoms with Crippen LogP contribution in [0.2, 0.25) is 0 Å². The molecule has 0 bridgehead atoms. The number of hydrogen-bond donors (Lipinski definition) is 3. The summed E-state index contributed by atoms with van der Waals surface area (Å²) in [5.74, 6) is 0.475. The second-order valence-electron chi connectivity index (χ2n) is 9.19. The Labute approximate surface area is 187 Å². The van der Waals surface area contributed by atoms with Crippen molar-refractivity contribution in [1.82, 2.24) is 20.9 Å². The van der Waals surface area contributed by atoms with Gasteiger partial charge in [-0.2, -0.15) is 0 Å².